The predicted molar refractivity (Wildman–Crippen MR) is 96.2 cm³/mol. The zero-order valence-electron chi connectivity index (χ0n) is 14.3. The molecule has 1 heterocycles. The first-order valence-electron chi connectivity index (χ1n) is 8.02. The van der Waals surface area contributed by atoms with Crippen molar-refractivity contribution in [2.24, 2.45) is 0 Å². The molecule has 2 rings (SSSR count). The maximum Gasteiger partial charge on any atom is 0.375 e. The largest absolute Gasteiger partial charge is 0.450 e. The third kappa shape index (κ3) is 4.54. The van der Waals surface area contributed by atoms with Crippen LogP contribution in [0.3, 0.4) is 0 Å². The van der Waals surface area contributed by atoms with Crippen LogP contribution in [0.1, 0.15) is 42.8 Å². The highest BCUT2D eigenvalue weighted by atomic mass is 32.2. The number of nitrogens with one attached hydrogen (secondary N) is 1. The molecule has 0 fully saturated rings. The van der Waals surface area contributed by atoms with Crippen molar-refractivity contribution in [2.45, 2.75) is 38.5 Å². The number of para-hydroxylation sites is 1. The number of hydrogen-bond donors (Lipinski definition) is 1. The van der Waals surface area contributed by atoms with Crippen LogP contribution in [0.2, 0.25) is 0 Å². The van der Waals surface area contributed by atoms with Crippen LogP contribution in [0, 0.1) is 0 Å². The molecule has 6 heteroatoms. The van der Waals surface area contributed by atoms with Gasteiger partial charge in [-0.2, -0.15) is 11.8 Å². The second-order valence-corrected chi connectivity index (χ2v) is 6.54. The minimum absolute atomic E-state index is 0.0689. The SMILES string of the molecule is CCCC(C)NC(=O)COC(=O)c1oc2ccccc2c1CSC. The van der Waals surface area contributed by atoms with Crippen molar-refractivity contribution in [1.29, 1.82) is 0 Å². The summed E-state index contributed by atoms with van der Waals surface area (Å²) in [5, 5.41) is 3.71. The van der Waals surface area contributed by atoms with E-state index in [1.807, 2.05) is 37.4 Å². The second-order valence-electron chi connectivity index (χ2n) is 5.67. The Bertz CT molecular complexity index is 710. The van der Waals surface area contributed by atoms with Crippen molar-refractivity contribution in [3.63, 3.8) is 0 Å². The molecule has 130 valence electrons. The van der Waals surface area contributed by atoms with Gasteiger partial charge in [0.25, 0.3) is 5.91 Å². The highest BCUT2D eigenvalue weighted by molar-refractivity contribution is 7.97. The van der Waals surface area contributed by atoms with E-state index in [-0.39, 0.29) is 24.3 Å². The summed E-state index contributed by atoms with van der Waals surface area (Å²) in [6, 6.07) is 7.56. The minimum Gasteiger partial charge on any atom is -0.450 e. The summed E-state index contributed by atoms with van der Waals surface area (Å²) in [5.74, 6) is -0.0819. The Hall–Kier alpha value is -1.95. The third-order valence-electron chi connectivity index (χ3n) is 3.64. The van der Waals surface area contributed by atoms with Gasteiger partial charge >= 0.3 is 5.97 Å². The van der Waals surface area contributed by atoms with Crippen LogP contribution in [-0.2, 0) is 15.3 Å². The average Bonchev–Trinajstić information content (AvgIpc) is 2.92. The van der Waals surface area contributed by atoms with Gasteiger partial charge in [-0.25, -0.2) is 4.79 Å². The third-order valence-corrected chi connectivity index (χ3v) is 4.21. The molecule has 0 aliphatic carbocycles. The van der Waals surface area contributed by atoms with Gasteiger partial charge in [0.2, 0.25) is 5.76 Å². The molecule has 1 atom stereocenters. The van der Waals surface area contributed by atoms with E-state index in [9.17, 15) is 9.59 Å². The fourth-order valence-electron chi connectivity index (χ4n) is 2.57. The Labute approximate surface area is 146 Å². The molecule has 0 aliphatic rings. The van der Waals surface area contributed by atoms with Gasteiger partial charge in [0.1, 0.15) is 5.58 Å². The van der Waals surface area contributed by atoms with E-state index in [1.165, 1.54) is 0 Å². The Morgan fingerprint density at radius 3 is 2.79 bits per heavy atom. The van der Waals surface area contributed by atoms with Crippen LogP contribution < -0.4 is 5.32 Å². The number of rotatable bonds is 8. The normalized spacial score (nSPS) is 12.1. The molecule has 1 unspecified atom stereocenters. The summed E-state index contributed by atoms with van der Waals surface area (Å²) in [7, 11) is 0. The molecule has 1 amide bonds. The average molecular weight is 349 g/mol. The first-order valence-corrected chi connectivity index (χ1v) is 9.42. The van der Waals surface area contributed by atoms with Gasteiger partial charge in [0.15, 0.2) is 6.61 Å². The molecule has 2 aromatic rings. The van der Waals surface area contributed by atoms with Crippen LogP contribution >= 0.6 is 11.8 Å². The molecule has 24 heavy (non-hydrogen) atoms. The topological polar surface area (TPSA) is 68.5 Å². The monoisotopic (exact) mass is 349 g/mol. The Morgan fingerprint density at radius 2 is 2.08 bits per heavy atom. The van der Waals surface area contributed by atoms with Gasteiger partial charge in [0.05, 0.1) is 0 Å². The number of esters is 1. The summed E-state index contributed by atoms with van der Waals surface area (Å²) < 4.78 is 10.8. The number of hydrogen-bond acceptors (Lipinski definition) is 5. The van der Waals surface area contributed by atoms with E-state index in [2.05, 4.69) is 12.2 Å². The van der Waals surface area contributed by atoms with Gasteiger partial charge < -0.3 is 14.5 Å². The standard InChI is InChI=1S/C18H23NO4S/c1-4-7-12(2)19-16(20)10-22-18(21)17-14(11-24-3)13-8-5-6-9-15(13)23-17/h5-6,8-9,12H,4,7,10-11H2,1-3H3,(H,19,20). The lowest BCUT2D eigenvalue weighted by Gasteiger charge is -2.12. The van der Waals surface area contributed by atoms with Gasteiger partial charge in [-0.05, 0) is 25.7 Å². The van der Waals surface area contributed by atoms with E-state index < -0.39 is 5.97 Å². The van der Waals surface area contributed by atoms with Gasteiger partial charge in [0, 0.05) is 22.7 Å². The van der Waals surface area contributed by atoms with Crippen LogP contribution in [0.4, 0.5) is 0 Å². The highest BCUT2D eigenvalue weighted by Crippen LogP contribution is 2.29. The number of amides is 1. The van der Waals surface area contributed by atoms with Crippen LogP contribution in [0.15, 0.2) is 28.7 Å². The molecular formula is C18H23NO4S. The maximum atomic E-state index is 12.3. The molecular weight excluding hydrogens is 326 g/mol. The van der Waals surface area contributed by atoms with Crippen LogP contribution in [-0.4, -0.2) is 30.8 Å². The number of benzene rings is 1. The fourth-order valence-corrected chi connectivity index (χ4v) is 3.14. The molecule has 0 saturated carbocycles. The first kappa shape index (κ1) is 18.4. The summed E-state index contributed by atoms with van der Waals surface area (Å²) >= 11 is 1.60. The van der Waals surface area contributed by atoms with E-state index in [0.717, 1.165) is 23.8 Å². The fraction of sp³-hybridized carbons (Fsp3) is 0.444. The predicted octanol–water partition coefficient (Wildman–Crippen LogP) is 3.76. The minimum atomic E-state index is -0.603. The van der Waals surface area contributed by atoms with Crippen LogP contribution in [0.5, 0.6) is 0 Å². The van der Waals surface area contributed by atoms with Gasteiger partial charge in [-0.1, -0.05) is 31.5 Å². The van der Waals surface area contributed by atoms with Crippen molar-refractivity contribution in [1.82, 2.24) is 5.32 Å². The molecule has 0 aliphatic heterocycles. The molecule has 1 N–H and O–H groups in total. The molecule has 1 aromatic carbocycles. The summed E-state index contributed by atoms with van der Waals surface area (Å²) in [4.78, 5) is 24.1. The van der Waals surface area contributed by atoms with Crippen molar-refractivity contribution in [2.75, 3.05) is 12.9 Å². The number of ether oxygens (including phenoxy) is 1. The smallest absolute Gasteiger partial charge is 0.375 e. The first-order chi connectivity index (χ1) is 11.6. The maximum absolute atomic E-state index is 12.3. The van der Waals surface area contributed by atoms with E-state index in [4.69, 9.17) is 9.15 Å². The lowest BCUT2D eigenvalue weighted by Crippen LogP contribution is -2.35. The Balaban J connectivity index is 2.05. The Morgan fingerprint density at radius 1 is 1.33 bits per heavy atom. The van der Waals surface area contributed by atoms with Crippen molar-refractivity contribution in [3.8, 4) is 0 Å². The summed E-state index contributed by atoms with van der Waals surface area (Å²) in [6.45, 7) is 3.68. The second kappa shape index (κ2) is 8.78. The number of fused-ring (bicyclic) bond motifs is 1. The van der Waals surface area contributed by atoms with E-state index in [0.29, 0.717) is 11.3 Å². The molecule has 0 radical (unpaired) electrons. The quantitative estimate of drug-likeness (QED) is 0.735. The summed E-state index contributed by atoms with van der Waals surface area (Å²) in [5.41, 5.74) is 1.46. The van der Waals surface area contributed by atoms with E-state index in [1.54, 1.807) is 11.8 Å². The lowest BCUT2D eigenvalue weighted by atomic mass is 10.1. The molecule has 0 saturated heterocycles. The lowest BCUT2D eigenvalue weighted by molar-refractivity contribution is -0.124. The zero-order chi connectivity index (χ0) is 17.5. The van der Waals surface area contributed by atoms with Gasteiger partial charge in [-0.15, -0.1) is 0 Å². The van der Waals surface area contributed by atoms with Crippen molar-refractivity contribution < 1.29 is 18.7 Å². The number of thioether (sulfide) groups is 1. The molecule has 0 bridgehead atoms. The summed E-state index contributed by atoms with van der Waals surface area (Å²) in [6.07, 6.45) is 3.83. The molecule has 5 nitrogen and oxygen atoms in total. The number of carbonyl (C=O) groups excluding carboxylic acids is 2. The Kier molecular flexibility index (Phi) is 6.73. The van der Waals surface area contributed by atoms with E-state index >= 15 is 0 Å². The van der Waals surface area contributed by atoms with Crippen molar-refractivity contribution >= 4 is 34.6 Å². The highest BCUT2D eigenvalue weighted by Gasteiger charge is 2.22. The van der Waals surface area contributed by atoms with Crippen LogP contribution in [0.25, 0.3) is 11.0 Å². The van der Waals surface area contributed by atoms with Gasteiger partial charge in [-0.3, -0.25) is 4.79 Å². The molecule has 1 aromatic heterocycles. The number of carbonyl (C=O) groups is 2. The molecule has 0 spiro atoms. The number of furan rings is 1. The zero-order valence-corrected chi connectivity index (χ0v) is 15.1. The van der Waals surface area contributed by atoms with Crippen molar-refractivity contribution in [3.05, 3.63) is 35.6 Å².